The van der Waals surface area contributed by atoms with E-state index in [1.165, 1.54) is 6.92 Å². The van der Waals surface area contributed by atoms with Crippen molar-refractivity contribution >= 4 is 38.6 Å². The molecule has 1 atom stereocenters. The Balaban J connectivity index is 0.000000242. The van der Waals surface area contributed by atoms with Gasteiger partial charge in [-0.25, -0.2) is 0 Å². The van der Waals surface area contributed by atoms with Crippen molar-refractivity contribution < 1.29 is 47.6 Å². The molecule has 0 spiro atoms. The zero-order valence-electron chi connectivity index (χ0n) is 24.6. The van der Waals surface area contributed by atoms with Crippen molar-refractivity contribution in [2.45, 2.75) is 59.6 Å². The Morgan fingerprint density at radius 2 is 1.60 bits per heavy atom. The number of aryl methyl sites for hydroxylation is 1. The molecule has 8 heteroatoms. The molecule has 1 N–H and O–H groups in total. The molecule has 229 valence electrons. The normalized spacial score (nSPS) is 12.7. The molecule has 5 rings (SSSR count). The minimum Gasteiger partial charge on any atom is -0.512 e. The van der Waals surface area contributed by atoms with Crippen molar-refractivity contribution in [3.63, 3.8) is 0 Å². The SMILES string of the molecule is CCC(CC(F)(F)F)C(=O)/C=C(\O)C(CC)CC.Cc1[c-]c(-c2ccc3ccccc3n2)c2oc3ccccc3c2c1.[Ir]. The topological polar surface area (TPSA) is 63.3 Å². The molecule has 2 aromatic heterocycles. The van der Waals surface area contributed by atoms with Gasteiger partial charge in [0.05, 0.1) is 23.3 Å². The maximum atomic E-state index is 12.2. The second kappa shape index (κ2) is 14.8. The van der Waals surface area contributed by atoms with E-state index in [4.69, 9.17) is 9.40 Å². The van der Waals surface area contributed by atoms with Gasteiger partial charge in [-0.15, -0.1) is 17.7 Å². The van der Waals surface area contributed by atoms with Gasteiger partial charge >= 0.3 is 6.18 Å². The van der Waals surface area contributed by atoms with Crippen molar-refractivity contribution in [3.8, 4) is 11.3 Å². The summed E-state index contributed by atoms with van der Waals surface area (Å²) in [4.78, 5) is 16.5. The molecule has 0 amide bonds. The number of aliphatic hydroxyl groups is 1. The standard InChI is InChI=1S/C22H14NO.C13H21F3O2.Ir/c1-14-12-17-16-7-3-5-9-21(16)24-22(17)18(13-14)20-11-10-15-6-2-4-8-19(15)23-20;1-4-9(5-2)11(17)7-12(18)10(6-3)8-13(14,15)16;/h2-12H,1H3;7,9-10,17H,4-6,8H2,1-3H3;/q-1;;/b;11-7-;. The number of ketones is 1. The van der Waals surface area contributed by atoms with Crippen molar-refractivity contribution in [2.75, 3.05) is 0 Å². The summed E-state index contributed by atoms with van der Waals surface area (Å²) in [6.45, 7) is 7.31. The molecule has 1 radical (unpaired) electrons. The van der Waals surface area contributed by atoms with Gasteiger partial charge in [0.1, 0.15) is 5.58 Å². The van der Waals surface area contributed by atoms with Crippen LogP contribution in [0, 0.1) is 24.8 Å². The van der Waals surface area contributed by atoms with E-state index >= 15 is 0 Å². The fourth-order valence-electron chi connectivity index (χ4n) is 5.10. The van der Waals surface area contributed by atoms with Crippen molar-refractivity contribution in [3.05, 3.63) is 90.2 Å². The summed E-state index contributed by atoms with van der Waals surface area (Å²) < 4.78 is 42.9. The molecular weight excluding hydrogens is 732 g/mol. The molecule has 0 bridgehead atoms. The number of aromatic nitrogens is 1. The van der Waals surface area contributed by atoms with Crippen LogP contribution in [0.1, 0.15) is 52.0 Å². The van der Waals surface area contributed by atoms with Gasteiger partial charge in [-0.05, 0) is 42.5 Å². The first-order valence-corrected chi connectivity index (χ1v) is 14.3. The van der Waals surface area contributed by atoms with Crippen LogP contribution < -0.4 is 0 Å². The van der Waals surface area contributed by atoms with Gasteiger partial charge < -0.3 is 9.52 Å². The van der Waals surface area contributed by atoms with Gasteiger partial charge in [-0.3, -0.25) is 9.78 Å². The number of hydrogen-bond donors (Lipinski definition) is 1. The minimum atomic E-state index is -4.35. The number of alkyl halides is 3. The maximum absolute atomic E-state index is 12.2. The van der Waals surface area contributed by atoms with Crippen molar-refractivity contribution in [1.82, 2.24) is 4.98 Å². The number of carbonyl (C=O) groups excluding carboxylic acids is 1. The summed E-state index contributed by atoms with van der Waals surface area (Å²) in [5.41, 5.74) is 5.62. The maximum Gasteiger partial charge on any atom is 0.389 e. The summed E-state index contributed by atoms with van der Waals surface area (Å²) in [5, 5.41) is 13.1. The van der Waals surface area contributed by atoms with Crippen LogP contribution in [0.4, 0.5) is 13.2 Å². The Bertz CT molecular complexity index is 1720. The number of carbonyl (C=O) groups is 1. The van der Waals surface area contributed by atoms with Crippen LogP contribution >= 0.6 is 0 Å². The zero-order valence-corrected chi connectivity index (χ0v) is 27.0. The Morgan fingerprint density at radius 3 is 2.28 bits per heavy atom. The number of nitrogens with zero attached hydrogens (tertiary/aromatic N) is 1. The van der Waals surface area contributed by atoms with E-state index in [0.717, 1.165) is 55.7 Å². The smallest absolute Gasteiger partial charge is 0.389 e. The Kier molecular flexibility index (Phi) is 11.7. The van der Waals surface area contributed by atoms with Gasteiger partial charge in [0.15, 0.2) is 5.78 Å². The average molecular weight is 767 g/mol. The van der Waals surface area contributed by atoms with E-state index in [-0.39, 0.29) is 38.2 Å². The molecule has 0 aliphatic heterocycles. The predicted molar refractivity (Wildman–Crippen MR) is 162 cm³/mol. The van der Waals surface area contributed by atoms with Crippen LogP contribution in [0.2, 0.25) is 0 Å². The summed E-state index contributed by atoms with van der Waals surface area (Å²) in [7, 11) is 0. The number of benzene rings is 3. The monoisotopic (exact) mass is 767 g/mol. The molecule has 0 aliphatic carbocycles. The van der Waals surface area contributed by atoms with E-state index in [2.05, 4.69) is 37.3 Å². The average Bonchev–Trinajstić information content (AvgIpc) is 3.34. The molecule has 0 saturated carbocycles. The summed E-state index contributed by atoms with van der Waals surface area (Å²) >= 11 is 0. The van der Waals surface area contributed by atoms with E-state index in [1.54, 1.807) is 0 Å². The summed E-state index contributed by atoms with van der Waals surface area (Å²) in [5.74, 6) is -2.00. The second-order valence-electron chi connectivity index (χ2n) is 10.5. The summed E-state index contributed by atoms with van der Waals surface area (Å²) in [6.07, 6.45) is -3.09. The van der Waals surface area contributed by atoms with E-state index in [9.17, 15) is 23.1 Å². The molecule has 5 aromatic rings. The number of furan rings is 1. The first-order chi connectivity index (χ1) is 20.0. The number of rotatable bonds is 8. The number of pyridine rings is 1. The Morgan fingerprint density at radius 1 is 0.953 bits per heavy atom. The van der Waals surface area contributed by atoms with E-state index < -0.39 is 24.3 Å². The van der Waals surface area contributed by atoms with Crippen molar-refractivity contribution in [1.29, 1.82) is 0 Å². The Labute approximate surface area is 263 Å². The first kappa shape index (κ1) is 34.0. The number of para-hydroxylation sites is 2. The first-order valence-electron chi connectivity index (χ1n) is 14.3. The third kappa shape index (κ3) is 8.33. The Hall–Kier alpha value is -3.48. The fraction of sp³-hybridized carbons (Fsp3) is 0.314. The number of fused-ring (bicyclic) bond motifs is 4. The second-order valence-corrected chi connectivity index (χ2v) is 10.5. The molecule has 0 aliphatic rings. The number of hydrogen-bond acceptors (Lipinski definition) is 4. The molecule has 43 heavy (non-hydrogen) atoms. The summed E-state index contributed by atoms with van der Waals surface area (Å²) in [6, 6.07) is 26.0. The van der Waals surface area contributed by atoms with Gasteiger partial charge in [-0.1, -0.05) is 87.2 Å². The molecule has 4 nitrogen and oxygen atoms in total. The third-order valence-corrected chi connectivity index (χ3v) is 7.47. The third-order valence-electron chi connectivity index (χ3n) is 7.47. The van der Waals surface area contributed by atoms with Crippen LogP contribution in [0.15, 0.2) is 83.0 Å². The molecule has 1 unspecified atom stereocenters. The van der Waals surface area contributed by atoms with E-state index in [1.807, 2.05) is 56.3 Å². The number of allylic oxidation sites excluding steroid dienone is 2. The van der Waals surface area contributed by atoms with Gasteiger partial charge in [0.25, 0.3) is 0 Å². The number of halogens is 3. The van der Waals surface area contributed by atoms with Crippen LogP contribution in [0.5, 0.6) is 0 Å². The van der Waals surface area contributed by atoms with Crippen LogP contribution in [0.25, 0.3) is 44.1 Å². The molecule has 0 saturated heterocycles. The molecular formula is C35H35F3IrNO3-. The zero-order chi connectivity index (χ0) is 30.4. The van der Waals surface area contributed by atoms with Crippen LogP contribution in [0.3, 0.4) is 0 Å². The fourth-order valence-corrected chi connectivity index (χ4v) is 5.10. The van der Waals surface area contributed by atoms with Gasteiger partial charge in [0, 0.05) is 43.4 Å². The van der Waals surface area contributed by atoms with Crippen molar-refractivity contribution in [2.24, 2.45) is 11.8 Å². The number of aliphatic hydroxyl groups excluding tert-OH is 1. The van der Waals surface area contributed by atoms with Crippen LogP contribution in [-0.2, 0) is 24.9 Å². The minimum absolute atomic E-state index is 0. The van der Waals surface area contributed by atoms with Crippen LogP contribution in [-0.4, -0.2) is 22.1 Å². The largest absolute Gasteiger partial charge is 0.512 e. The molecule has 3 aromatic carbocycles. The van der Waals surface area contributed by atoms with E-state index in [0.29, 0.717) is 12.8 Å². The van der Waals surface area contributed by atoms with Gasteiger partial charge in [0.2, 0.25) is 0 Å². The molecule has 0 fully saturated rings. The van der Waals surface area contributed by atoms with Gasteiger partial charge in [-0.2, -0.15) is 13.2 Å². The molecule has 2 heterocycles. The quantitative estimate of drug-likeness (QED) is 0.0971. The predicted octanol–water partition coefficient (Wildman–Crippen LogP) is 10.3.